The number of hydrogen-bond acceptors (Lipinski definition) is 7. The molecule has 10 heteroatoms. The van der Waals surface area contributed by atoms with Crippen LogP contribution in [0.2, 0.25) is 0 Å². The molecule has 0 aliphatic rings. The zero-order chi connectivity index (χ0) is 29.5. The largest absolute Gasteiger partial charge is 0.353 e. The van der Waals surface area contributed by atoms with E-state index in [1.165, 1.54) is 10.1 Å². The Kier molecular flexibility index (Phi) is 4.96. The molecule has 10 aromatic rings. The van der Waals surface area contributed by atoms with E-state index in [9.17, 15) is 0 Å². The van der Waals surface area contributed by atoms with E-state index < -0.39 is 0 Å². The van der Waals surface area contributed by atoms with Crippen LogP contribution >= 0.6 is 11.3 Å². The molecule has 212 valence electrons. The van der Waals surface area contributed by atoms with E-state index in [1.54, 1.807) is 11.3 Å². The SMILES string of the molecule is c1ccc2sc(-c3[nH]c4ccc(-c5cccc6nonc56)c(-c5n[nH]c6ccccc56)c4c3-c3cccc4[nH]nnc34)cc2c1. The monoisotopic (exact) mass is 600 g/mol. The van der Waals surface area contributed by atoms with E-state index in [-0.39, 0.29) is 0 Å². The van der Waals surface area contributed by atoms with Gasteiger partial charge in [-0.05, 0) is 57.7 Å². The number of fused-ring (bicyclic) bond motifs is 5. The van der Waals surface area contributed by atoms with Gasteiger partial charge in [-0.25, -0.2) is 4.63 Å². The van der Waals surface area contributed by atoms with Crippen LogP contribution in [0.1, 0.15) is 0 Å². The molecule has 9 nitrogen and oxygen atoms in total. The summed E-state index contributed by atoms with van der Waals surface area (Å²) in [4.78, 5) is 4.96. The number of para-hydroxylation sites is 1. The van der Waals surface area contributed by atoms with Crippen molar-refractivity contribution in [2.24, 2.45) is 0 Å². The van der Waals surface area contributed by atoms with Gasteiger partial charge in [0.25, 0.3) is 0 Å². The molecular formula is C35H20N8OS. The third-order valence-corrected chi connectivity index (χ3v) is 9.68. The lowest BCUT2D eigenvalue weighted by Crippen LogP contribution is -1.91. The topological polar surface area (TPSA) is 125 Å². The average Bonchev–Trinajstić information content (AvgIpc) is 3.91. The van der Waals surface area contributed by atoms with Gasteiger partial charge >= 0.3 is 0 Å². The molecule has 5 aromatic carbocycles. The van der Waals surface area contributed by atoms with Crippen molar-refractivity contribution < 1.29 is 4.63 Å². The summed E-state index contributed by atoms with van der Waals surface area (Å²) in [6.07, 6.45) is 0. The minimum atomic E-state index is 0.693. The molecule has 5 aromatic heterocycles. The Labute approximate surface area is 257 Å². The number of rotatable bonds is 4. The quantitative estimate of drug-likeness (QED) is 0.185. The summed E-state index contributed by atoms with van der Waals surface area (Å²) >= 11 is 1.76. The van der Waals surface area contributed by atoms with Gasteiger partial charge in [-0.1, -0.05) is 71.9 Å². The maximum atomic E-state index is 5.19. The highest BCUT2D eigenvalue weighted by Crippen LogP contribution is 2.50. The predicted molar refractivity (Wildman–Crippen MR) is 178 cm³/mol. The van der Waals surface area contributed by atoms with Crippen LogP contribution in [0.25, 0.3) is 98.0 Å². The van der Waals surface area contributed by atoms with Crippen molar-refractivity contribution >= 4 is 65.3 Å². The Balaban J connectivity index is 1.41. The summed E-state index contributed by atoms with van der Waals surface area (Å²) in [6, 6.07) is 35.3. The maximum absolute atomic E-state index is 5.19. The number of aromatic nitrogens is 8. The van der Waals surface area contributed by atoms with E-state index in [0.717, 1.165) is 76.9 Å². The molecule has 0 saturated carbocycles. The first-order valence-electron chi connectivity index (χ1n) is 14.4. The first kappa shape index (κ1) is 24.3. The van der Waals surface area contributed by atoms with Gasteiger partial charge in [-0.3, -0.25) is 10.2 Å². The second kappa shape index (κ2) is 9.18. The Hall–Kier alpha value is -6.13. The normalized spacial score (nSPS) is 12.0. The minimum Gasteiger partial charge on any atom is -0.353 e. The van der Waals surface area contributed by atoms with Crippen LogP contribution in [0.5, 0.6) is 0 Å². The average molecular weight is 601 g/mol. The minimum absolute atomic E-state index is 0.693. The van der Waals surface area contributed by atoms with Crippen molar-refractivity contribution in [3.63, 3.8) is 0 Å². The van der Waals surface area contributed by atoms with Gasteiger partial charge in [0, 0.05) is 43.2 Å². The van der Waals surface area contributed by atoms with Crippen molar-refractivity contribution in [1.82, 2.24) is 40.9 Å². The Morgan fingerprint density at radius 1 is 0.644 bits per heavy atom. The first-order valence-corrected chi connectivity index (χ1v) is 15.3. The molecule has 0 aliphatic carbocycles. The van der Waals surface area contributed by atoms with Gasteiger partial charge in [0.15, 0.2) is 0 Å². The lowest BCUT2D eigenvalue weighted by Gasteiger charge is -2.13. The van der Waals surface area contributed by atoms with E-state index >= 15 is 0 Å². The van der Waals surface area contributed by atoms with Crippen molar-refractivity contribution in [2.75, 3.05) is 0 Å². The second-order valence-corrected chi connectivity index (χ2v) is 12.1. The fourth-order valence-electron chi connectivity index (χ4n) is 6.57. The smallest absolute Gasteiger partial charge is 0.143 e. The van der Waals surface area contributed by atoms with Crippen LogP contribution in [-0.2, 0) is 0 Å². The van der Waals surface area contributed by atoms with Gasteiger partial charge in [0.1, 0.15) is 22.2 Å². The van der Waals surface area contributed by atoms with Crippen LogP contribution in [-0.4, -0.2) is 40.9 Å². The van der Waals surface area contributed by atoms with E-state index in [4.69, 9.17) is 9.73 Å². The molecular weight excluding hydrogens is 581 g/mol. The van der Waals surface area contributed by atoms with Crippen molar-refractivity contribution in [2.45, 2.75) is 0 Å². The number of aromatic amines is 3. The van der Waals surface area contributed by atoms with Crippen molar-refractivity contribution in [3.8, 4) is 44.1 Å². The van der Waals surface area contributed by atoms with Gasteiger partial charge in [0.2, 0.25) is 0 Å². The summed E-state index contributed by atoms with van der Waals surface area (Å²) in [5.41, 5.74) is 11.7. The molecule has 0 atom stereocenters. The standard InChI is InChI=1S/C35H20N8OS/c1-4-14-27-18(7-1)17-28(45-27)35-30(22-10-6-12-25-32(22)40-43-38-25)31-24(36-35)16-15-19(20-9-5-13-26-33(20)42-44-41-26)29(31)34-21-8-2-3-11-23(21)37-39-34/h1-17,36H,(H,37,39)(H,38,40,43). The molecule has 0 unspecified atom stereocenters. The van der Waals surface area contributed by atoms with Crippen LogP contribution in [0.3, 0.4) is 0 Å². The number of nitrogens with one attached hydrogen (secondary N) is 3. The van der Waals surface area contributed by atoms with Gasteiger partial charge in [-0.2, -0.15) is 5.10 Å². The zero-order valence-corrected chi connectivity index (χ0v) is 24.2. The third kappa shape index (κ3) is 3.51. The Morgan fingerprint density at radius 2 is 1.51 bits per heavy atom. The third-order valence-electron chi connectivity index (χ3n) is 8.55. The molecule has 10 rings (SSSR count). The molecule has 0 amide bonds. The lowest BCUT2D eigenvalue weighted by atomic mass is 9.89. The molecule has 0 spiro atoms. The molecule has 3 N–H and O–H groups in total. The van der Waals surface area contributed by atoms with E-state index in [2.05, 4.69) is 96.5 Å². The van der Waals surface area contributed by atoms with Crippen molar-refractivity contribution in [1.29, 1.82) is 0 Å². The molecule has 0 saturated heterocycles. The Morgan fingerprint density at radius 3 is 2.49 bits per heavy atom. The maximum Gasteiger partial charge on any atom is 0.143 e. The summed E-state index contributed by atoms with van der Waals surface area (Å²) < 4.78 is 6.42. The number of thiophene rings is 1. The van der Waals surface area contributed by atoms with Crippen LogP contribution < -0.4 is 0 Å². The highest BCUT2D eigenvalue weighted by Gasteiger charge is 2.27. The van der Waals surface area contributed by atoms with Crippen molar-refractivity contribution in [3.05, 3.63) is 103 Å². The molecule has 5 heterocycles. The van der Waals surface area contributed by atoms with E-state index in [0.29, 0.717) is 11.0 Å². The lowest BCUT2D eigenvalue weighted by molar-refractivity contribution is 0.315. The summed E-state index contributed by atoms with van der Waals surface area (Å²) in [6.45, 7) is 0. The summed E-state index contributed by atoms with van der Waals surface area (Å²) in [5, 5.41) is 31.7. The number of nitrogens with zero attached hydrogens (tertiary/aromatic N) is 5. The summed E-state index contributed by atoms with van der Waals surface area (Å²) in [5.74, 6) is 0. The number of benzene rings is 5. The fourth-order valence-corrected chi connectivity index (χ4v) is 7.64. The highest BCUT2D eigenvalue weighted by atomic mass is 32.1. The molecule has 0 radical (unpaired) electrons. The van der Waals surface area contributed by atoms with Crippen LogP contribution in [0.4, 0.5) is 0 Å². The highest BCUT2D eigenvalue weighted by molar-refractivity contribution is 7.22. The second-order valence-electron chi connectivity index (χ2n) is 11.0. The number of H-pyrrole nitrogens is 3. The summed E-state index contributed by atoms with van der Waals surface area (Å²) in [7, 11) is 0. The number of hydrogen-bond donors (Lipinski definition) is 3. The van der Waals surface area contributed by atoms with Gasteiger partial charge in [-0.15, -0.1) is 16.4 Å². The molecule has 0 bridgehead atoms. The van der Waals surface area contributed by atoms with Gasteiger partial charge in [0.05, 0.1) is 21.6 Å². The molecule has 0 fully saturated rings. The first-order chi connectivity index (χ1) is 22.3. The van der Waals surface area contributed by atoms with E-state index in [1.807, 2.05) is 42.5 Å². The predicted octanol–water partition coefficient (Wildman–Crippen LogP) is 8.73. The van der Waals surface area contributed by atoms with Gasteiger partial charge < -0.3 is 4.98 Å². The fraction of sp³-hybridized carbons (Fsp3) is 0. The Bertz CT molecular complexity index is 2710. The van der Waals surface area contributed by atoms with Crippen LogP contribution in [0.15, 0.2) is 108 Å². The molecule has 0 aliphatic heterocycles. The molecule has 45 heavy (non-hydrogen) atoms. The zero-order valence-electron chi connectivity index (χ0n) is 23.4. The van der Waals surface area contributed by atoms with Crippen LogP contribution in [0, 0.1) is 0 Å².